The number of ether oxygens (including phenoxy) is 2. The fourth-order valence-corrected chi connectivity index (χ4v) is 3.77. The van der Waals surface area contributed by atoms with E-state index in [0.717, 1.165) is 35.6 Å². The predicted octanol–water partition coefficient (Wildman–Crippen LogP) is 3.84. The van der Waals surface area contributed by atoms with Crippen LogP contribution in [-0.2, 0) is 6.54 Å². The van der Waals surface area contributed by atoms with E-state index < -0.39 is 0 Å². The molecule has 0 radical (unpaired) electrons. The topological polar surface area (TPSA) is 77.7 Å². The Morgan fingerprint density at radius 2 is 1.97 bits per heavy atom. The quantitative estimate of drug-likeness (QED) is 0.655. The van der Waals surface area contributed by atoms with Crippen molar-refractivity contribution in [2.75, 3.05) is 19.8 Å². The zero-order chi connectivity index (χ0) is 20.0. The number of fused-ring (bicyclic) bond motifs is 2. The Balaban J connectivity index is 1.48. The first kappa shape index (κ1) is 18.0. The van der Waals surface area contributed by atoms with Gasteiger partial charge < -0.3 is 18.9 Å². The number of hydrogen-bond donors (Lipinski definition) is 0. The lowest BCUT2D eigenvalue weighted by Gasteiger charge is -2.23. The number of rotatable bonds is 5. The van der Waals surface area contributed by atoms with Crippen molar-refractivity contribution in [3.63, 3.8) is 0 Å². The minimum atomic E-state index is -0.0389. The number of amides is 1. The maximum Gasteiger partial charge on any atom is 0.259 e. The summed E-state index contributed by atoms with van der Waals surface area (Å²) in [6.45, 7) is 6.00. The van der Waals surface area contributed by atoms with Crippen molar-refractivity contribution in [2.45, 2.75) is 39.2 Å². The van der Waals surface area contributed by atoms with Crippen molar-refractivity contribution < 1.29 is 18.8 Å². The average Bonchev–Trinajstić information content (AvgIpc) is 3.54. The number of pyridine rings is 1. The van der Waals surface area contributed by atoms with Crippen LogP contribution in [0.25, 0.3) is 11.1 Å². The van der Waals surface area contributed by atoms with Gasteiger partial charge in [0.15, 0.2) is 11.5 Å². The van der Waals surface area contributed by atoms with Gasteiger partial charge in [0.1, 0.15) is 13.2 Å². The molecule has 7 nitrogen and oxygen atoms in total. The monoisotopic (exact) mass is 393 g/mol. The molecule has 0 spiro atoms. The molecule has 2 aromatic heterocycles. The van der Waals surface area contributed by atoms with Crippen molar-refractivity contribution in [2.24, 2.45) is 0 Å². The second-order valence-corrected chi connectivity index (χ2v) is 7.61. The summed E-state index contributed by atoms with van der Waals surface area (Å²) in [6, 6.07) is 7.76. The standard InChI is InChI=1S/C22H23N3O4/c1-3-25(12-14-4-7-18-19(10-14)28-9-8-27-18)22(26)16-11-17(15-5-6-15)23-21-20(16)13(2)24-29-21/h4,7,10-11,15H,3,5-6,8-9,12H2,1-2H3. The van der Waals surface area contributed by atoms with Gasteiger partial charge in [-0.3, -0.25) is 4.79 Å². The van der Waals surface area contributed by atoms with Crippen molar-refractivity contribution in [3.8, 4) is 11.5 Å². The number of nitrogens with zero attached hydrogens (tertiary/aromatic N) is 3. The Labute approximate surface area is 168 Å². The highest BCUT2D eigenvalue weighted by atomic mass is 16.6. The molecule has 1 fully saturated rings. The number of hydrogen-bond acceptors (Lipinski definition) is 6. The molecule has 3 heterocycles. The molecule has 1 aliphatic heterocycles. The lowest BCUT2D eigenvalue weighted by molar-refractivity contribution is 0.0754. The van der Waals surface area contributed by atoms with E-state index in [2.05, 4.69) is 10.1 Å². The lowest BCUT2D eigenvalue weighted by atomic mass is 10.1. The number of aryl methyl sites for hydroxylation is 1. The largest absolute Gasteiger partial charge is 0.486 e. The van der Waals surface area contributed by atoms with Crippen LogP contribution in [0.2, 0.25) is 0 Å². The van der Waals surface area contributed by atoms with Crippen LogP contribution < -0.4 is 9.47 Å². The van der Waals surface area contributed by atoms with Gasteiger partial charge >= 0.3 is 0 Å². The zero-order valence-corrected chi connectivity index (χ0v) is 16.6. The van der Waals surface area contributed by atoms with Gasteiger partial charge in [0.25, 0.3) is 11.6 Å². The third-order valence-electron chi connectivity index (χ3n) is 5.51. The van der Waals surface area contributed by atoms with Crippen molar-refractivity contribution >= 4 is 17.0 Å². The summed E-state index contributed by atoms with van der Waals surface area (Å²) < 4.78 is 16.7. The van der Waals surface area contributed by atoms with Crippen LogP contribution in [0.15, 0.2) is 28.8 Å². The molecular formula is C22H23N3O4. The third-order valence-corrected chi connectivity index (χ3v) is 5.51. The van der Waals surface area contributed by atoms with Gasteiger partial charge in [0.05, 0.1) is 16.6 Å². The minimum absolute atomic E-state index is 0.0389. The molecule has 1 amide bonds. The molecule has 150 valence electrons. The first-order chi connectivity index (χ1) is 14.1. The smallest absolute Gasteiger partial charge is 0.259 e. The molecule has 2 aliphatic rings. The summed E-state index contributed by atoms with van der Waals surface area (Å²) in [5.74, 6) is 1.86. The van der Waals surface area contributed by atoms with Crippen molar-refractivity contribution in [1.29, 1.82) is 0 Å². The summed E-state index contributed by atoms with van der Waals surface area (Å²) in [5.41, 5.74) is 3.68. The lowest BCUT2D eigenvalue weighted by Crippen LogP contribution is -2.30. The third kappa shape index (κ3) is 3.30. The fraction of sp³-hybridized carbons (Fsp3) is 0.409. The number of benzene rings is 1. The van der Waals surface area contributed by atoms with Crippen molar-refractivity contribution in [3.05, 3.63) is 46.8 Å². The molecule has 1 aliphatic carbocycles. The first-order valence-electron chi connectivity index (χ1n) is 10.1. The van der Waals surface area contributed by atoms with Gasteiger partial charge in [-0.1, -0.05) is 11.2 Å². The number of carbonyl (C=O) groups is 1. The van der Waals surface area contributed by atoms with Gasteiger partial charge in [-0.25, -0.2) is 4.98 Å². The summed E-state index contributed by atoms with van der Waals surface area (Å²) in [6.07, 6.45) is 2.21. The Morgan fingerprint density at radius 1 is 1.17 bits per heavy atom. The SMILES string of the molecule is CCN(Cc1ccc2c(c1)OCCO2)C(=O)c1cc(C2CC2)nc2onc(C)c12. The molecule has 1 aromatic carbocycles. The van der Waals surface area contributed by atoms with Crippen LogP contribution in [0.4, 0.5) is 0 Å². The number of aromatic nitrogens is 2. The van der Waals surface area contributed by atoms with Crippen LogP contribution in [0.3, 0.4) is 0 Å². The predicted molar refractivity (Wildman–Crippen MR) is 106 cm³/mol. The summed E-state index contributed by atoms with van der Waals surface area (Å²) in [4.78, 5) is 19.9. The molecule has 0 bridgehead atoms. The highest BCUT2D eigenvalue weighted by Gasteiger charge is 2.29. The Kier molecular flexibility index (Phi) is 4.38. The summed E-state index contributed by atoms with van der Waals surface area (Å²) >= 11 is 0. The van der Waals surface area contributed by atoms with Crippen LogP contribution >= 0.6 is 0 Å². The minimum Gasteiger partial charge on any atom is -0.486 e. The summed E-state index contributed by atoms with van der Waals surface area (Å²) in [7, 11) is 0. The highest BCUT2D eigenvalue weighted by molar-refractivity contribution is 6.06. The second-order valence-electron chi connectivity index (χ2n) is 7.61. The van der Waals surface area contributed by atoms with Crippen LogP contribution in [-0.4, -0.2) is 40.7 Å². The average molecular weight is 393 g/mol. The Morgan fingerprint density at radius 3 is 2.72 bits per heavy atom. The van der Waals surface area contributed by atoms with Gasteiger partial charge in [0.2, 0.25) is 0 Å². The Hall–Kier alpha value is -3.09. The molecule has 5 rings (SSSR count). The molecule has 0 atom stereocenters. The Bertz CT molecular complexity index is 1090. The molecule has 1 saturated carbocycles. The highest BCUT2D eigenvalue weighted by Crippen LogP contribution is 2.40. The van der Waals surface area contributed by atoms with Crippen LogP contribution in [0, 0.1) is 6.92 Å². The van der Waals surface area contributed by atoms with E-state index in [1.165, 1.54) is 0 Å². The van der Waals surface area contributed by atoms with E-state index in [9.17, 15) is 4.79 Å². The van der Waals surface area contributed by atoms with Crippen LogP contribution in [0.1, 0.15) is 53.0 Å². The van der Waals surface area contributed by atoms with Gasteiger partial charge in [-0.05, 0) is 50.5 Å². The normalized spacial score (nSPS) is 15.5. The second kappa shape index (κ2) is 7.06. The maximum atomic E-state index is 13.5. The molecule has 7 heteroatoms. The van der Waals surface area contributed by atoms with E-state index in [0.29, 0.717) is 54.6 Å². The van der Waals surface area contributed by atoms with E-state index in [4.69, 9.17) is 14.0 Å². The molecule has 0 saturated heterocycles. The van der Waals surface area contributed by atoms with Gasteiger partial charge in [-0.15, -0.1) is 0 Å². The fourth-order valence-electron chi connectivity index (χ4n) is 3.77. The molecule has 29 heavy (non-hydrogen) atoms. The van der Waals surface area contributed by atoms with E-state index in [-0.39, 0.29) is 5.91 Å². The molecule has 3 aromatic rings. The molecule has 0 unspecified atom stereocenters. The van der Waals surface area contributed by atoms with Crippen molar-refractivity contribution in [1.82, 2.24) is 15.0 Å². The molecular weight excluding hydrogens is 370 g/mol. The van der Waals surface area contributed by atoms with Gasteiger partial charge in [-0.2, -0.15) is 0 Å². The molecule has 0 N–H and O–H groups in total. The maximum absolute atomic E-state index is 13.5. The number of carbonyl (C=O) groups excluding carboxylic acids is 1. The van der Waals surface area contributed by atoms with E-state index >= 15 is 0 Å². The van der Waals surface area contributed by atoms with Gasteiger partial charge in [0, 0.05) is 24.7 Å². The van der Waals surface area contributed by atoms with Crippen LogP contribution in [0.5, 0.6) is 11.5 Å². The van der Waals surface area contributed by atoms with E-state index in [1.807, 2.05) is 43.0 Å². The summed E-state index contributed by atoms with van der Waals surface area (Å²) in [5, 5.41) is 4.75. The first-order valence-corrected chi connectivity index (χ1v) is 10.1. The zero-order valence-electron chi connectivity index (χ0n) is 16.6. The van der Waals surface area contributed by atoms with E-state index in [1.54, 1.807) is 0 Å².